The minimum atomic E-state index is -0.138. The largest absolute Gasteiger partial charge is 0.207 e. The molecule has 0 nitrogen and oxygen atoms in total. The van der Waals surface area contributed by atoms with Gasteiger partial charge >= 0.3 is 0 Å². The molecule has 0 saturated heterocycles. The van der Waals surface area contributed by atoms with Gasteiger partial charge in [-0.25, -0.2) is 4.39 Å². The van der Waals surface area contributed by atoms with Crippen molar-refractivity contribution in [3.8, 4) is 0 Å². The summed E-state index contributed by atoms with van der Waals surface area (Å²) >= 11 is 0. The van der Waals surface area contributed by atoms with E-state index < -0.39 is 0 Å². The molecule has 1 aliphatic carbocycles. The molecule has 93 valence electrons. The fourth-order valence-electron chi connectivity index (χ4n) is 3.10. The van der Waals surface area contributed by atoms with Gasteiger partial charge in [0.05, 0.1) is 0 Å². The number of halogens is 1. The molecule has 1 heteroatoms. The molecule has 1 aromatic rings. The van der Waals surface area contributed by atoms with Crippen LogP contribution in [0.3, 0.4) is 0 Å². The van der Waals surface area contributed by atoms with E-state index in [1.165, 1.54) is 43.6 Å². The van der Waals surface area contributed by atoms with E-state index in [9.17, 15) is 4.39 Å². The first-order valence-electron chi connectivity index (χ1n) is 6.81. The van der Waals surface area contributed by atoms with Crippen molar-refractivity contribution in [3.05, 3.63) is 41.6 Å². The number of rotatable bonds is 3. The van der Waals surface area contributed by atoms with Crippen LogP contribution >= 0.6 is 0 Å². The highest BCUT2D eigenvalue weighted by Crippen LogP contribution is 2.39. The Morgan fingerprint density at radius 1 is 1.06 bits per heavy atom. The summed E-state index contributed by atoms with van der Waals surface area (Å²) in [6.07, 6.45) is 6.70. The molecule has 2 rings (SSSR count). The second-order valence-electron chi connectivity index (χ2n) is 5.45. The Balaban J connectivity index is 2.18. The Morgan fingerprint density at radius 3 is 2.18 bits per heavy atom. The summed E-state index contributed by atoms with van der Waals surface area (Å²) in [7, 11) is 0. The summed E-state index contributed by atoms with van der Waals surface area (Å²) in [6, 6.07) is 7.06. The molecule has 0 aromatic heterocycles. The highest BCUT2D eigenvalue weighted by atomic mass is 19.1. The summed E-state index contributed by atoms with van der Waals surface area (Å²) in [4.78, 5) is 0. The van der Waals surface area contributed by atoms with Gasteiger partial charge in [-0.3, -0.25) is 0 Å². The first-order valence-corrected chi connectivity index (χ1v) is 6.81. The lowest BCUT2D eigenvalue weighted by Gasteiger charge is -2.32. The summed E-state index contributed by atoms with van der Waals surface area (Å²) < 4.78 is 13.0. The Labute approximate surface area is 104 Å². The lowest BCUT2D eigenvalue weighted by Crippen LogP contribution is -2.21. The Bertz CT molecular complexity index is 333. The lowest BCUT2D eigenvalue weighted by atomic mass is 9.72. The first-order chi connectivity index (χ1) is 8.18. The van der Waals surface area contributed by atoms with Gasteiger partial charge in [0.15, 0.2) is 0 Å². The molecule has 17 heavy (non-hydrogen) atoms. The molecule has 0 spiro atoms. The third-order valence-corrected chi connectivity index (χ3v) is 3.84. The molecule has 0 heterocycles. The number of hydrogen-bond acceptors (Lipinski definition) is 0. The SMILES string of the molecule is CC(C)[C](c1ccc(F)cc1)C1CCCCC1. The lowest BCUT2D eigenvalue weighted by molar-refractivity contribution is 0.346. The van der Waals surface area contributed by atoms with Gasteiger partial charge in [-0.2, -0.15) is 0 Å². The summed E-state index contributed by atoms with van der Waals surface area (Å²) in [6.45, 7) is 4.51. The van der Waals surface area contributed by atoms with Crippen LogP contribution in [0.4, 0.5) is 4.39 Å². The fourth-order valence-corrected chi connectivity index (χ4v) is 3.10. The van der Waals surface area contributed by atoms with E-state index in [0.29, 0.717) is 11.8 Å². The molecule has 0 bridgehead atoms. The zero-order valence-electron chi connectivity index (χ0n) is 10.9. The average molecular weight is 233 g/mol. The number of hydrogen-bond donors (Lipinski definition) is 0. The quantitative estimate of drug-likeness (QED) is 0.690. The van der Waals surface area contributed by atoms with Gasteiger partial charge < -0.3 is 0 Å². The normalized spacial score (nSPS) is 17.9. The van der Waals surface area contributed by atoms with Crippen LogP contribution in [0.25, 0.3) is 0 Å². The second kappa shape index (κ2) is 5.66. The van der Waals surface area contributed by atoms with E-state index in [1.54, 1.807) is 12.1 Å². The third kappa shape index (κ3) is 3.08. The van der Waals surface area contributed by atoms with Crippen LogP contribution in [-0.2, 0) is 0 Å². The van der Waals surface area contributed by atoms with Crippen molar-refractivity contribution in [2.45, 2.75) is 46.0 Å². The van der Waals surface area contributed by atoms with Crippen molar-refractivity contribution >= 4 is 0 Å². The molecule has 1 aliphatic rings. The highest BCUT2D eigenvalue weighted by Gasteiger charge is 2.27. The molecule has 0 atom stereocenters. The third-order valence-electron chi connectivity index (χ3n) is 3.84. The van der Waals surface area contributed by atoms with Gasteiger partial charge in [0.1, 0.15) is 5.82 Å². The second-order valence-corrected chi connectivity index (χ2v) is 5.45. The smallest absolute Gasteiger partial charge is 0.123 e. The van der Waals surface area contributed by atoms with E-state index in [-0.39, 0.29) is 5.82 Å². The summed E-state index contributed by atoms with van der Waals surface area (Å²) in [5, 5.41) is 0. The average Bonchev–Trinajstić information content (AvgIpc) is 2.33. The maximum Gasteiger partial charge on any atom is 0.123 e. The molecular weight excluding hydrogens is 211 g/mol. The molecule has 0 aliphatic heterocycles. The molecule has 1 saturated carbocycles. The predicted octanol–water partition coefficient (Wildman–Crippen LogP) is 4.98. The molecule has 1 fully saturated rings. The van der Waals surface area contributed by atoms with Crippen LogP contribution in [0, 0.1) is 23.6 Å². The maximum atomic E-state index is 13.0. The van der Waals surface area contributed by atoms with E-state index >= 15 is 0 Å². The van der Waals surface area contributed by atoms with Crippen LogP contribution in [0.1, 0.15) is 51.5 Å². The summed E-state index contributed by atoms with van der Waals surface area (Å²) in [5.41, 5.74) is 1.24. The number of benzene rings is 1. The van der Waals surface area contributed by atoms with Crippen LogP contribution in [0.2, 0.25) is 0 Å². The van der Waals surface area contributed by atoms with Crippen molar-refractivity contribution in [3.63, 3.8) is 0 Å². The van der Waals surface area contributed by atoms with Crippen LogP contribution in [0.15, 0.2) is 24.3 Å². The van der Waals surface area contributed by atoms with Gasteiger partial charge in [-0.05, 0) is 42.4 Å². The highest BCUT2D eigenvalue weighted by molar-refractivity contribution is 5.33. The van der Waals surface area contributed by atoms with Crippen molar-refractivity contribution in [1.82, 2.24) is 0 Å². The maximum absolute atomic E-state index is 13.0. The Kier molecular flexibility index (Phi) is 4.20. The molecule has 0 amide bonds. The van der Waals surface area contributed by atoms with E-state index in [1.807, 2.05) is 12.1 Å². The minimum absolute atomic E-state index is 0.138. The molecular formula is C16H22F. The van der Waals surface area contributed by atoms with Crippen LogP contribution < -0.4 is 0 Å². The summed E-state index contributed by atoms with van der Waals surface area (Å²) in [5.74, 6) is 2.67. The monoisotopic (exact) mass is 233 g/mol. The Hall–Kier alpha value is -0.850. The molecule has 1 aromatic carbocycles. The van der Waals surface area contributed by atoms with Gasteiger partial charge in [0.25, 0.3) is 0 Å². The van der Waals surface area contributed by atoms with Gasteiger partial charge in [0, 0.05) is 5.92 Å². The predicted molar refractivity (Wildman–Crippen MR) is 70.2 cm³/mol. The topological polar surface area (TPSA) is 0 Å². The van der Waals surface area contributed by atoms with E-state index in [2.05, 4.69) is 13.8 Å². The van der Waals surface area contributed by atoms with Crippen molar-refractivity contribution in [2.75, 3.05) is 0 Å². The molecule has 0 N–H and O–H groups in total. The fraction of sp³-hybridized carbons (Fsp3) is 0.562. The zero-order chi connectivity index (χ0) is 12.3. The standard InChI is InChI=1S/C16H22F/c1-12(2)16(13-6-4-3-5-7-13)14-8-10-15(17)11-9-14/h8-13H,3-7H2,1-2H3. The van der Waals surface area contributed by atoms with Crippen molar-refractivity contribution in [2.24, 2.45) is 11.8 Å². The van der Waals surface area contributed by atoms with Crippen LogP contribution in [0.5, 0.6) is 0 Å². The van der Waals surface area contributed by atoms with E-state index in [0.717, 1.165) is 0 Å². The van der Waals surface area contributed by atoms with Crippen molar-refractivity contribution < 1.29 is 4.39 Å². The van der Waals surface area contributed by atoms with Crippen molar-refractivity contribution in [1.29, 1.82) is 0 Å². The van der Waals surface area contributed by atoms with E-state index in [4.69, 9.17) is 0 Å². The molecule has 0 unspecified atom stereocenters. The first kappa shape index (κ1) is 12.6. The Morgan fingerprint density at radius 2 is 1.65 bits per heavy atom. The van der Waals surface area contributed by atoms with Crippen LogP contribution in [-0.4, -0.2) is 0 Å². The molecule has 1 radical (unpaired) electrons. The zero-order valence-corrected chi connectivity index (χ0v) is 10.9. The van der Waals surface area contributed by atoms with Gasteiger partial charge in [-0.15, -0.1) is 0 Å². The van der Waals surface area contributed by atoms with Gasteiger partial charge in [-0.1, -0.05) is 45.2 Å². The van der Waals surface area contributed by atoms with Gasteiger partial charge in [0.2, 0.25) is 0 Å². The minimum Gasteiger partial charge on any atom is -0.207 e.